The highest BCUT2D eigenvalue weighted by Crippen LogP contribution is 2.46. The summed E-state index contributed by atoms with van der Waals surface area (Å²) in [5.74, 6) is 1.09. The molecule has 0 unspecified atom stereocenters. The van der Waals surface area contributed by atoms with Crippen LogP contribution in [0.5, 0.6) is 0 Å². The minimum atomic E-state index is -0.344. The van der Waals surface area contributed by atoms with Crippen molar-refractivity contribution < 1.29 is 9.53 Å². The van der Waals surface area contributed by atoms with Crippen molar-refractivity contribution in [3.63, 3.8) is 0 Å². The van der Waals surface area contributed by atoms with Crippen molar-refractivity contribution in [2.45, 2.75) is 58.2 Å². The van der Waals surface area contributed by atoms with Gasteiger partial charge in [-0.1, -0.05) is 26.2 Å². The summed E-state index contributed by atoms with van der Waals surface area (Å²) in [7, 11) is 0. The van der Waals surface area contributed by atoms with E-state index in [1.165, 1.54) is 19.3 Å². The lowest BCUT2D eigenvalue weighted by molar-refractivity contribution is -0.178. The lowest BCUT2D eigenvalue weighted by atomic mass is 9.73. The minimum Gasteiger partial charge on any atom is -0.360 e. The van der Waals surface area contributed by atoms with Gasteiger partial charge in [-0.05, 0) is 19.8 Å². The van der Waals surface area contributed by atoms with E-state index in [9.17, 15) is 4.79 Å². The van der Waals surface area contributed by atoms with Crippen molar-refractivity contribution >= 4 is 5.91 Å². The molecule has 4 rings (SSSR count). The molecule has 0 radical (unpaired) electrons. The number of rotatable bonds is 1. The summed E-state index contributed by atoms with van der Waals surface area (Å²) in [6, 6.07) is 0. The van der Waals surface area contributed by atoms with Gasteiger partial charge in [0.15, 0.2) is 0 Å². The number of carbonyl (C=O) groups is 1. The zero-order valence-corrected chi connectivity index (χ0v) is 13.4. The second kappa shape index (κ2) is 4.75. The van der Waals surface area contributed by atoms with Gasteiger partial charge in [0.1, 0.15) is 11.4 Å². The van der Waals surface area contributed by atoms with Gasteiger partial charge in [0.05, 0.1) is 25.4 Å². The topological polar surface area (TPSA) is 55.3 Å². The molecule has 1 saturated heterocycles. The standard InChI is InChI=1S/C17H23N3O2/c1-12-18-8-13-14(19-12)9-22-17(13)10-20(11-17)15(21)16(2)6-4-3-5-7-16/h8H,3-7,9-11H2,1-2H3. The fourth-order valence-corrected chi connectivity index (χ4v) is 4.20. The van der Waals surface area contributed by atoms with Crippen molar-refractivity contribution in [2.75, 3.05) is 13.1 Å². The molecule has 2 fully saturated rings. The van der Waals surface area contributed by atoms with Gasteiger partial charge in [0.25, 0.3) is 0 Å². The molecule has 1 saturated carbocycles. The molecule has 118 valence electrons. The van der Waals surface area contributed by atoms with Crippen LogP contribution in [0.4, 0.5) is 0 Å². The molecular weight excluding hydrogens is 278 g/mol. The van der Waals surface area contributed by atoms with Crippen LogP contribution in [0.2, 0.25) is 0 Å². The Bertz CT molecular complexity index is 616. The Hall–Kier alpha value is -1.49. The maximum absolute atomic E-state index is 12.8. The number of carbonyl (C=O) groups excluding carboxylic acids is 1. The van der Waals surface area contributed by atoms with E-state index >= 15 is 0 Å². The average Bonchev–Trinajstić information content (AvgIpc) is 2.84. The summed E-state index contributed by atoms with van der Waals surface area (Å²) >= 11 is 0. The molecule has 1 aliphatic carbocycles. The van der Waals surface area contributed by atoms with E-state index in [2.05, 4.69) is 16.9 Å². The van der Waals surface area contributed by atoms with Gasteiger partial charge in [0.2, 0.25) is 5.91 Å². The van der Waals surface area contributed by atoms with Crippen molar-refractivity contribution in [3.8, 4) is 0 Å². The Balaban J connectivity index is 1.50. The van der Waals surface area contributed by atoms with Gasteiger partial charge >= 0.3 is 0 Å². The van der Waals surface area contributed by atoms with Crippen LogP contribution < -0.4 is 0 Å². The fourth-order valence-electron chi connectivity index (χ4n) is 4.20. The summed E-state index contributed by atoms with van der Waals surface area (Å²) in [5.41, 5.74) is 1.56. The van der Waals surface area contributed by atoms with E-state index in [1.54, 1.807) is 0 Å². The third-order valence-electron chi connectivity index (χ3n) is 5.62. The summed E-state index contributed by atoms with van der Waals surface area (Å²) in [4.78, 5) is 23.6. The second-order valence-electron chi connectivity index (χ2n) is 7.34. The number of hydrogen-bond acceptors (Lipinski definition) is 4. The third kappa shape index (κ3) is 1.98. The molecule has 5 nitrogen and oxygen atoms in total. The van der Waals surface area contributed by atoms with E-state index in [0.717, 1.165) is 29.9 Å². The molecule has 3 heterocycles. The van der Waals surface area contributed by atoms with Gasteiger partial charge in [-0.15, -0.1) is 0 Å². The smallest absolute Gasteiger partial charge is 0.228 e. The first-order chi connectivity index (χ1) is 10.5. The first-order valence-electron chi connectivity index (χ1n) is 8.29. The lowest BCUT2D eigenvalue weighted by Crippen LogP contribution is -2.63. The van der Waals surface area contributed by atoms with Gasteiger partial charge in [-0.25, -0.2) is 9.97 Å². The first-order valence-corrected chi connectivity index (χ1v) is 8.29. The lowest BCUT2D eigenvalue weighted by Gasteiger charge is -2.50. The average molecular weight is 301 g/mol. The number of fused-ring (bicyclic) bond motifs is 2. The normalized spacial score (nSPS) is 24.9. The van der Waals surface area contributed by atoms with Crippen LogP contribution in [0.25, 0.3) is 0 Å². The molecular formula is C17H23N3O2. The van der Waals surface area contributed by atoms with Crippen molar-refractivity contribution in [3.05, 3.63) is 23.3 Å². The molecule has 0 atom stereocenters. The van der Waals surface area contributed by atoms with Gasteiger partial charge in [-0.3, -0.25) is 4.79 Å². The Labute approximate surface area is 131 Å². The van der Waals surface area contributed by atoms with Crippen LogP contribution in [0.3, 0.4) is 0 Å². The van der Waals surface area contributed by atoms with Gasteiger partial charge < -0.3 is 9.64 Å². The Morgan fingerprint density at radius 3 is 2.73 bits per heavy atom. The van der Waals surface area contributed by atoms with E-state index in [0.29, 0.717) is 25.6 Å². The van der Waals surface area contributed by atoms with Crippen LogP contribution in [0.15, 0.2) is 6.20 Å². The molecule has 22 heavy (non-hydrogen) atoms. The van der Waals surface area contributed by atoms with Crippen LogP contribution in [-0.2, 0) is 21.7 Å². The molecule has 5 heteroatoms. The molecule has 1 aromatic rings. The van der Waals surface area contributed by atoms with Gasteiger partial charge in [0, 0.05) is 17.2 Å². The maximum Gasteiger partial charge on any atom is 0.228 e. The third-order valence-corrected chi connectivity index (χ3v) is 5.62. The molecule has 3 aliphatic rings. The van der Waals surface area contributed by atoms with E-state index < -0.39 is 0 Å². The highest BCUT2D eigenvalue weighted by molar-refractivity contribution is 5.83. The number of ether oxygens (including phenoxy) is 1. The fraction of sp³-hybridized carbons (Fsp3) is 0.706. The minimum absolute atomic E-state index is 0.162. The monoisotopic (exact) mass is 301 g/mol. The molecule has 1 aromatic heterocycles. The molecule has 0 bridgehead atoms. The van der Waals surface area contributed by atoms with Crippen LogP contribution >= 0.6 is 0 Å². The highest BCUT2D eigenvalue weighted by Gasteiger charge is 2.54. The van der Waals surface area contributed by atoms with Crippen molar-refractivity contribution in [1.82, 2.24) is 14.9 Å². The van der Waals surface area contributed by atoms with E-state index in [1.807, 2.05) is 18.0 Å². The molecule has 1 amide bonds. The second-order valence-corrected chi connectivity index (χ2v) is 7.34. The van der Waals surface area contributed by atoms with Crippen LogP contribution in [-0.4, -0.2) is 33.9 Å². The molecule has 2 aliphatic heterocycles. The summed E-state index contributed by atoms with van der Waals surface area (Å²) in [5, 5.41) is 0. The Morgan fingerprint density at radius 1 is 1.27 bits per heavy atom. The number of aromatic nitrogens is 2. The molecule has 0 aromatic carbocycles. The summed E-state index contributed by atoms with van der Waals surface area (Å²) < 4.78 is 6.01. The predicted octanol–water partition coefficient (Wildman–Crippen LogP) is 2.32. The molecule has 1 spiro atoms. The zero-order valence-electron chi connectivity index (χ0n) is 13.4. The van der Waals surface area contributed by atoms with Crippen molar-refractivity contribution in [1.29, 1.82) is 0 Å². The SMILES string of the molecule is Cc1ncc2c(n1)COC21CN(C(=O)C2(C)CCCCC2)C1. The molecule has 0 N–H and O–H groups in total. The quantitative estimate of drug-likeness (QED) is 0.799. The number of amides is 1. The van der Waals surface area contributed by atoms with Crippen LogP contribution in [0, 0.1) is 12.3 Å². The first kappa shape index (κ1) is 14.1. The summed E-state index contributed by atoms with van der Waals surface area (Å²) in [6.45, 7) is 5.88. The predicted molar refractivity (Wildman–Crippen MR) is 81.0 cm³/mol. The highest BCUT2D eigenvalue weighted by atomic mass is 16.5. The van der Waals surface area contributed by atoms with E-state index in [-0.39, 0.29) is 11.0 Å². The Kier molecular flexibility index (Phi) is 3.05. The van der Waals surface area contributed by atoms with Crippen LogP contribution in [0.1, 0.15) is 56.1 Å². The van der Waals surface area contributed by atoms with E-state index in [4.69, 9.17) is 4.74 Å². The number of aryl methyl sites for hydroxylation is 1. The largest absolute Gasteiger partial charge is 0.360 e. The number of nitrogens with zero attached hydrogens (tertiary/aromatic N) is 3. The Morgan fingerprint density at radius 2 is 2.00 bits per heavy atom. The van der Waals surface area contributed by atoms with Gasteiger partial charge in [-0.2, -0.15) is 0 Å². The number of hydrogen-bond donors (Lipinski definition) is 0. The number of likely N-dealkylation sites (tertiary alicyclic amines) is 1. The van der Waals surface area contributed by atoms with Crippen molar-refractivity contribution in [2.24, 2.45) is 5.41 Å². The summed E-state index contributed by atoms with van der Waals surface area (Å²) in [6.07, 6.45) is 7.54. The maximum atomic E-state index is 12.8. The zero-order chi connectivity index (χ0) is 15.4.